The van der Waals surface area contributed by atoms with Crippen molar-refractivity contribution >= 4 is 5.91 Å². The molecule has 1 fully saturated rings. The minimum Gasteiger partial charge on any atom is -0.342 e. The number of pyridine rings is 2. The van der Waals surface area contributed by atoms with E-state index in [2.05, 4.69) is 47.4 Å². The van der Waals surface area contributed by atoms with E-state index in [4.69, 9.17) is 4.98 Å². The van der Waals surface area contributed by atoms with Crippen LogP contribution in [0.3, 0.4) is 0 Å². The standard InChI is InChI=1S/C24H25N3O/c28-24(18-20-9-13-25-14-10-20)27-15-11-21(12-16-27)23-8-4-7-22(26-23)17-19-5-2-1-3-6-19/h1-10,13-14,21H,11-12,15-18H2. The fourth-order valence-electron chi connectivity index (χ4n) is 3.84. The van der Waals surface area contributed by atoms with Crippen molar-refractivity contribution in [2.45, 2.75) is 31.6 Å². The minimum absolute atomic E-state index is 0.204. The van der Waals surface area contributed by atoms with Gasteiger partial charge >= 0.3 is 0 Å². The minimum atomic E-state index is 0.204. The molecule has 4 heteroatoms. The van der Waals surface area contributed by atoms with Crippen LogP contribution in [-0.4, -0.2) is 33.9 Å². The first kappa shape index (κ1) is 18.4. The van der Waals surface area contributed by atoms with E-state index in [0.717, 1.165) is 49.3 Å². The lowest BCUT2D eigenvalue weighted by Gasteiger charge is -2.32. The first-order chi connectivity index (χ1) is 13.8. The van der Waals surface area contributed by atoms with Gasteiger partial charge in [0.2, 0.25) is 5.91 Å². The van der Waals surface area contributed by atoms with Gasteiger partial charge in [0, 0.05) is 49.2 Å². The van der Waals surface area contributed by atoms with Crippen LogP contribution in [0.4, 0.5) is 0 Å². The van der Waals surface area contributed by atoms with Gasteiger partial charge in [0.1, 0.15) is 0 Å². The third-order valence-corrected chi connectivity index (χ3v) is 5.43. The zero-order valence-electron chi connectivity index (χ0n) is 16.0. The van der Waals surface area contributed by atoms with Crippen molar-refractivity contribution in [2.75, 3.05) is 13.1 Å². The molecule has 0 N–H and O–H groups in total. The molecular weight excluding hydrogens is 346 g/mol. The Balaban J connectivity index is 1.35. The summed E-state index contributed by atoms with van der Waals surface area (Å²) >= 11 is 0. The Morgan fingerprint density at radius 1 is 0.893 bits per heavy atom. The van der Waals surface area contributed by atoms with E-state index < -0.39 is 0 Å². The number of carbonyl (C=O) groups is 1. The molecule has 0 saturated carbocycles. The van der Waals surface area contributed by atoms with Gasteiger partial charge in [0.15, 0.2) is 0 Å². The van der Waals surface area contributed by atoms with E-state index in [9.17, 15) is 4.79 Å². The smallest absolute Gasteiger partial charge is 0.226 e. The summed E-state index contributed by atoms with van der Waals surface area (Å²) in [7, 11) is 0. The number of benzene rings is 1. The van der Waals surface area contributed by atoms with E-state index in [0.29, 0.717) is 12.3 Å². The van der Waals surface area contributed by atoms with E-state index in [1.54, 1.807) is 12.4 Å². The molecule has 1 aliphatic heterocycles. The molecule has 3 heterocycles. The maximum Gasteiger partial charge on any atom is 0.226 e. The molecule has 0 spiro atoms. The van der Waals surface area contributed by atoms with Gasteiger partial charge in [0.25, 0.3) is 0 Å². The summed E-state index contributed by atoms with van der Waals surface area (Å²) in [5.41, 5.74) is 4.58. The summed E-state index contributed by atoms with van der Waals surface area (Å²) in [4.78, 5) is 23.5. The Hall–Kier alpha value is -3.01. The lowest BCUT2D eigenvalue weighted by molar-refractivity contribution is -0.131. The number of carbonyl (C=O) groups excluding carboxylic acids is 1. The fourth-order valence-corrected chi connectivity index (χ4v) is 3.84. The van der Waals surface area contributed by atoms with Gasteiger partial charge < -0.3 is 4.90 Å². The molecule has 3 aromatic rings. The van der Waals surface area contributed by atoms with Crippen LogP contribution in [0.1, 0.15) is 41.3 Å². The molecule has 4 rings (SSSR count). The second kappa shape index (κ2) is 8.79. The molecule has 1 saturated heterocycles. The average Bonchev–Trinajstić information content (AvgIpc) is 2.75. The molecule has 0 bridgehead atoms. The molecule has 1 amide bonds. The van der Waals surface area contributed by atoms with Crippen LogP contribution in [0.2, 0.25) is 0 Å². The predicted molar refractivity (Wildman–Crippen MR) is 110 cm³/mol. The third-order valence-electron chi connectivity index (χ3n) is 5.43. The Morgan fingerprint density at radius 3 is 2.39 bits per heavy atom. The largest absolute Gasteiger partial charge is 0.342 e. The van der Waals surface area contributed by atoms with Crippen molar-refractivity contribution in [1.82, 2.24) is 14.9 Å². The summed E-state index contributed by atoms with van der Waals surface area (Å²) in [6.07, 6.45) is 6.75. The maximum atomic E-state index is 12.6. The first-order valence-electron chi connectivity index (χ1n) is 9.94. The zero-order chi connectivity index (χ0) is 19.2. The second-order valence-corrected chi connectivity index (χ2v) is 7.40. The molecule has 1 aliphatic rings. The van der Waals surface area contributed by atoms with Crippen LogP contribution in [-0.2, 0) is 17.6 Å². The Morgan fingerprint density at radius 2 is 1.64 bits per heavy atom. The molecule has 1 aromatic carbocycles. The van der Waals surface area contributed by atoms with Gasteiger partial charge in [-0.2, -0.15) is 0 Å². The third kappa shape index (κ3) is 4.63. The van der Waals surface area contributed by atoms with Gasteiger partial charge in [-0.3, -0.25) is 14.8 Å². The Labute approximate surface area is 166 Å². The van der Waals surface area contributed by atoms with Crippen molar-refractivity contribution in [3.05, 3.63) is 95.6 Å². The summed E-state index contributed by atoms with van der Waals surface area (Å²) in [6, 6.07) is 20.6. The highest BCUT2D eigenvalue weighted by atomic mass is 16.2. The number of amides is 1. The van der Waals surface area contributed by atoms with Crippen molar-refractivity contribution in [3.8, 4) is 0 Å². The molecule has 2 aromatic heterocycles. The number of piperidine rings is 1. The van der Waals surface area contributed by atoms with Gasteiger partial charge in [-0.15, -0.1) is 0 Å². The molecule has 0 unspecified atom stereocenters. The summed E-state index contributed by atoms with van der Waals surface area (Å²) in [5, 5.41) is 0. The average molecular weight is 371 g/mol. The monoisotopic (exact) mass is 371 g/mol. The number of rotatable bonds is 5. The maximum absolute atomic E-state index is 12.6. The highest BCUT2D eigenvalue weighted by molar-refractivity contribution is 5.78. The Bertz CT molecular complexity index is 903. The molecule has 0 atom stereocenters. The highest BCUT2D eigenvalue weighted by Crippen LogP contribution is 2.27. The van der Waals surface area contributed by atoms with Crippen LogP contribution in [0.25, 0.3) is 0 Å². The van der Waals surface area contributed by atoms with Crippen molar-refractivity contribution < 1.29 is 4.79 Å². The first-order valence-corrected chi connectivity index (χ1v) is 9.94. The molecule has 28 heavy (non-hydrogen) atoms. The summed E-state index contributed by atoms with van der Waals surface area (Å²) in [5.74, 6) is 0.635. The topological polar surface area (TPSA) is 46.1 Å². The van der Waals surface area contributed by atoms with Crippen LogP contribution in [0.5, 0.6) is 0 Å². The van der Waals surface area contributed by atoms with Gasteiger partial charge in [-0.05, 0) is 48.2 Å². The van der Waals surface area contributed by atoms with Gasteiger partial charge in [-0.1, -0.05) is 36.4 Å². The highest BCUT2D eigenvalue weighted by Gasteiger charge is 2.24. The lowest BCUT2D eigenvalue weighted by atomic mass is 9.92. The molecule has 0 radical (unpaired) electrons. The van der Waals surface area contributed by atoms with Crippen molar-refractivity contribution in [3.63, 3.8) is 0 Å². The summed E-state index contributed by atoms with van der Waals surface area (Å²) < 4.78 is 0. The number of hydrogen-bond donors (Lipinski definition) is 0. The summed E-state index contributed by atoms with van der Waals surface area (Å²) in [6.45, 7) is 1.61. The number of hydrogen-bond acceptors (Lipinski definition) is 3. The lowest BCUT2D eigenvalue weighted by Crippen LogP contribution is -2.38. The molecular formula is C24H25N3O. The van der Waals surface area contributed by atoms with Crippen LogP contribution < -0.4 is 0 Å². The number of nitrogens with zero attached hydrogens (tertiary/aromatic N) is 3. The Kier molecular flexibility index (Phi) is 5.76. The zero-order valence-corrected chi connectivity index (χ0v) is 16.0. The molecule has 4 nitrogen and oxygen atoms in total. The normalized spacial score (nSPS) is 14.8. The quantitative estimate of drug-likeness (QED) is 0.681. The molecule has 142 valence electrons. The number of likely N-dealkylation sites (tertiary alicyclic amines) is 1. The van der Waals surface area contributed by atoms with E-state index >= 15 is 0 Å². The van der Waals surface area contributed by atoms with Crippen molar-refractivity contribution in [1.29, 1.82) is 0 Å². The van der Waals surface area contributed by atoms with Gasteiger partial charge in [0.05, 0.1) is 6.42 Å². The van der Waals surface area contributed by atoms with Crippen LogP contribution >= 0.6 is 0 Å². The van der Waals surface area contributed by atoms with E-state index in [1.165, 1.54) is 5.56 Å². The van der Waals surface area contributed by atoms with Gasteiger partial charge in [-0.25, -0.2) is 0 Å². The van der Waals surface area contributed by atoms with E-state index in [-0.39, 0.29) is 5.91 Å². The van der Waals surface area contributed by atoms with Crippen LogP contribution in [0, 0.1) is 0 Å². The van der Waals surface area contributed by atoms with Crippen LogP contribution in [0.15, 0.2) is 73.1 Å². The second-order valence-electron chi connectivity index (χ2n) is 7.40. The number of aromatic nitrogens is 2. The molecule has 0 aliphatic carbocycles. The van der Waals surface area contributed by atoms with Crippen molar-refractivity contribution in [2.24, 2.45) is 0 Å². The van der Waals surface area contributed by atoms with E-state index in [1.807, 2.05) is 23.1 Å². The predicted octanol–water partition coefficient (Wildman–Crippen LogP) is 4.02. The fraction of sp³-hybridized carbons (Fsp3) is 0.292. The SMILES string of the molecule is O=C(Cc1ccncc1)N1CCC(c2cccc(Cc3ccccc3)n2)CC1.